The molecule has 0 amide bonds. The molecule has 2 atom stereocenters. The van der Waals surface area contributed by atoms with Crippen molar-refractivity contribution in [2.24, 2.45) is 0 Å². The van der Waals surface area contributed by atoms with E-state index in [1.54, 1.807) is 16.4 Å². The predicted molar refractivity (Wildman–Crippen MR) is 119 cm³/mol. The molecule has 0 unspecified atom stereocenters. The summed E-state index contributed by atoms with van der Waals surface area (Å²) in [6, 6.07) is 17.0. The Balaban J connectivity index is 1.35. The highest BCUT2D eigenvalue weighted by atomic mass is 32.2. The Morgan fingerprint density at radius 3 is 2.53 bits per heavy atom. The number of aromatic nitrogens is 4. The lowest BCUT2D eigenvalue weighted by molar-refractivity contribution is -0.697. The lowest BCUT2D eigenvalue weighted by atomic mass is 10.0. The van der Waals surface area contributed by atoms with E-state index in [-0.39, 0.29) is 12.3 Å². The first kappa shape index (κ1) is 20.8. The second kappa shape index (κ2) is 9.16. The zero-order chi connectivity index (χ0) is 21.1. The van der Waals surface area contributed by atoms with Gasteiger partial charge in [0.05, 0.1) is 5.69 Å². The Kier molecular flexibility index (Phi) is 6.36. The van der Waals surface area contributed by atoms with E-state index >= 15 is 0 Å². The van der Waals surface area contributed by atoms with Crippen LogP contribution in [0, 0.1) is 0 Å². The second-order valence-corrected chi connectivity index (χ2v) is 9.05. The van der Waals surface area contributed by atoms with Gasteiger partial charge in [0.2, 0.25) is 11.4 Å². The van der Waals surface area contributed by atoms with Gasteiger partial charge in [-0.1, -0.05) is 37.7 Å². The third-order valence-corrected chi connectivity index (χ3v) is 6.38. The monoisotopic (exact) mass is 425 g/mol. The highest BCUT2D eigenvalue weighted by Gasteiger charge is 2.30. The van der Waals surface area contributed by atoms with Gasteiger partial charge in [0, 0.05) is 31.1 Å². The fraction of sp³-hybridized carbons (Fsp3) is 0.409. The highest BCUT2D eigenvalue weighted by molar-refractivity contribution is 7.99. The number of nitrogens with zero attached hydrogens (tertiary/aromatic N) is 5. The molecule has 2 N–H and O–H groups in total. The van der Waals surface area contributed by atoms with Crippen LogP contribution < -0.4 is 10.2 Å². The van der Waals surface area contributed by atoms with Crippen LogP contribution in [0.1, 0.15) is 37.1 Å². The van der Waals surface area contributed by atoms with Gasteiger partial charge in [-0.15, -0.1) is 5.10 Å². The molecule has 1 aromatic heterocycles. The van der Waals surface area contributed by atoms with Crippen molar-refractivity contribution in [3.05, 3.63) is 59.7 Å². The molecular formula is C22H29N6OS+. The Labute approximate surface area is 181 Å². The first-order chi connectivity index (χ1) is 14.5. The molecule has 1 aliphatic rings. The van der Waals surface area contributed by atoms with Crippen LogP contribution in [0.25, 0.3) is 5.69 Å². The summed E-state index contributed by atoms with van der Waals surface area (Å²) in [7, 11) is 4.10. The summed E-state index contributed by atoms with van der Waals surface area (Å²) < 4.78 is 8.06. The van der Waals surface area contributed by atoms with E-state index < -0.39 is 0 Å². The van der Waals surface area contributed by atoms with Crippen LogP contribution in [0.15, 0.2) is 53.7 Å². The molecule has 0 saturated carbocycles. The van der Waals surface area contributed by atoms with Gasteiger partial charge >= 0.3 is 0 Å². The lowest BCUT2D eigenvalue weighted by Gasteiger charge is -2.14. The number of hydrogen-bond acceptors (Lipinski definition) is 6. The zero-order valence-electron chi connectivity index (χ0n) is 17.9. The highest BCUT2D eigenvalue weighted by Crippen LogP contribution is 2.25. The summed E-state index contributed by atoms with van der Waals surface area (Å²) in [6.07, 6.45) is 0.202. The van der Waals surface area contributed by atoms with Gasteiger partial charge in [0.1, 0.15) is 12.6 Å². The van der Waals surface area contributed by atoms with Gasteiger partial charge in [0.15, 0.2) is 0 Å². The van der Waals surface area contributed by atoms with E-state index in [9.17, 15) is 0 Å². The minimum absolute atomic E-state index is 0.0476. The normalized spacial score (nSPS) is 18.8. The number of anilines is 1. The largest absolute Gasteiger partial charge is 0.378 e. The summed E-state index contributed by atoms with van der Waals surface area (Å²) in [4.78, 5) is 2.10. The molecule has 1 saturated heterocycles. The first-order valence-electron chi connectivity index (χ1n) is 10.3. The molecule has 8 heteroatoms. The van der Waals surface area contributed by atoms with E-state index in [1.807, 2.05) is 14.1 Å². The molecule has 1 fully saturated rings. The molecular weight excluding hydrogens is 396 g/mol. The fourth-order valence-electron chi connectivity index (χ4n) is 3.48. The van der Waals surface area contributed by atoms with Gasteiger partial charge in [0.25, 0.3) is 0 Å². The van der Waals surface area contributed by atoms with Crippen molar-refractivity contribution in [1.29, 1.82) is 0 Å². The molecule has 30 heavy (non-hydrogen) atoms. The third-order valence-electron chi connectivity index (χ3n) is 5.33. The van der Waals surface area contributed by atoms with Gasteiger partial charge < -0.3 is 15.0 Å². The molecule has 4 rings (SSSR count). The average Bonchev–Trinajstić information content (AvgIpc) is 3.42. The third kappa shape index (κ3) is 4.66. The minimum Gasteiger partial charge on any atom is -0.378 e. The maximum absolute atomic E-state index is 6.27. The predicted octanol–water partition coefficient (Wildman–Crippen LogP) is 2.60. The molecule has 7 nitrogen and oxygen atoms in total. The summed E-state index contributed by atoms with van der Waals surface area (Å²) in [5.41, 5.74) is 4.67. The van der Waals surface area contributed by atoms with Crippen LogP contribution in [-0.4, -0.2) is 52.7 Å². The summed E-state index contributed by atoms with van der Waals surface area (Å²) >= 11 is 1.64. The number of ether oxygens (including phenoxy) is 1. The number of benzene rings is 2. The average molecular weight is 426 g/mol. The minimum atomic E-state index is 0.0476. The van der Waals surface area contributed by atoms with Crippen molar-refractivity contribution in [3.63, 3.8) is 0 Å². The number of thioether (sulfide) groups is 1. The number of rotatable bonds is 7. The van der Waals surface area contributed by atoms with Gasteiger partial charge in [-0.2, -0.15) is 4.68 Å². The van der Waals surface area contributed by atoms with Crippen LogP contribution in [0.4, 0.5) is 5.69 Å². The second-order valence-electron chi connectivity index (χ2n) is 8.07. The number of hydrogen-bond donors (Lipinski definition) is 1. The van der Waals surface area contributed by atoms with E-state index in [0.717, 1.165) is 23.1 Å². The topological polar surface area (TPSA) is 72.7 Å². The van der Waals surface area contributed by atoms with Crippen molar-refractivity contribution in [1.82, 2.24) is 20.2 Å². The molecule has 0 aliphatic carbocycles. The molecule has 3 aromatic rings. The molecule has 2 aromatic carbocycles. The molecule has 0 bridgehead atoms. The van der Waals surface area contributed by atoms with Crippen LogP contribution in [0.3, 0.4) is 0 Å². The molecule has 0 radical (unpaired) electrons. The quantitative estimate of drug-likeness (QED) is 0.587. The Morgan fingerprint density at radius 2 is 1.87 bits per heavy atom. The fourth-order valence-corrected chi connectivity index (χ4v) is 4.38. The molecule has 158 valence electrons. The standard InChI is InChI=1S/C22H28N6OS/c1-15(2)16-5-11-19(12-6-16)28-22(24-25-26-28)30-14-20-13-23-21(29-20)17-7-9-18(10-8-17)27(3)4/h5-12,15,20-21,23H,13-14H2,1-4H3/p+1/t20-,21+/m1/s1. The zero-order valence-corrected chi connectivity index (χ0v) is 18.7. The maximum Gasteiger partial charge on any atom is 0.217 e. The first-order valence-corrected chi connectivity index (χ1v) is 11.3. The van der Waals surface area contributed by atoms with Crippen molar-refractivity contribution in [3.8, 4) is 5.69 Å². The van der Waals surface area contributed by atoms with Crippen molar-refractivity contribution in [2.75, 3.05) is 31.3 Å². The van der Waals surface area contributed by atoms with Crippen molar-refractivity contribution >= 4 is 17.4 Å². The van der Waals surface area contributed by atoms with Gasteiger partial charge in [-0.25, -0.2) is 0 Å². The Bertz CT molecular complexity index is 955. The number of nitrogens with two attached hydrogens (primary N) is 1. The molecule has 0 spiro atoms. The Hall–Kier alpha value is -2.42. The SMILES string of the molecule is CC(C)c1ccc(-n2nnnc2SC[C@H]2C[NH2+][C@H](c3ccc(N(C)C)cc3)O2)cc1. The lowest BCUT2D eigenvalue weighted by Crippen LogP contribution is -2.82. The van der Waals surface area contributed by atoms with Gasteiger partial charge in [-0.3, -0.25) is 0 Å². The Morgan fingerprint density at radius 1 is 1.13 bits per heavy atom. The van der Waals surface area contributed by atoms with E-state index in [1.165, 1.54) is 16.8 Å². The van der Waals surface area contributed by atoms with Crippen LogP contribution in [0.5, 0.6) is 0 Å². The molecule has 2 heterocycles. The van der Waals surface area contributed by atoms with Crippen molar-refractivity contribution < 1.29 is 10.1 Å². The van der Waals surface area contributed by atoms with Gasteiger partial charge in [-0.05, 0) is 58.3 Å². The van der Waals surface area contributed by atoms with Crippen LogP contribution in [0.2, 0.25) is 0 Å². The van der Waals surface area contributed by atoms with Crippen LogP contribution >= 0.6 is 11.8 Å². The maximum atomic E-state index is 6.27. The smallest absolute Gasteiger partial charge is 0.217 e. The summed E-state index contributed by atoms with van der Waals surface area (Å²) in [6.45, 7) is 5.31. The van der Waals surface area contributed by atoms with Crippen LogP contribution in [-0.2, 0) is 4.74 Å². The van der Waals surface area contributed by atoms with E-state index in [4.69, 9.17) is 4.74 Å². The van der Waals surface area contributed by atoms with E-state index in [0.29, 0.717) is 5.92 Å². The van der Waals surface area contributed by atoms with Crippen molar-refractivity contribution in [2.45, 2.75) is 37.3 Å². The number of quaternary nitrogens is 1. The summed E-state index contributed by atoms with van der Waals surface area (Å²) in [5, 5.41) is 15.3. The number of tetrazole rings is 1. The van der Waals surface area contributed by atoms with E-state index in [2.05, 4.69) is 88.1 Å². The summed E-state index contributed by atoms with van der Waals surface area (Å²) in [5.74, 6) is 1.32. The molecule has 1 aliphatic heterocycles.